The van der Waals surface area contributed by atoms with Crippen LogP contribution >= 0.6 is 11.6 Å². The van der Waals surface area contributed by atoms with Gasteiger partial charge in [-0.3, -0.25) is 0 Å². The molecule has 0 bridgehead atoms. The Balaban J connectivity index is 2.02. The summed E-state index contributed by atoms with van der Waals surface area (Å²) in [6, 6.07) is 6.71. The van der Waals surface area contributed by atoms with Gasteiger partial charge in [0, 0.05) is 30.3 Å². The van der Waals surface area contributed by atoms with Gasteiger partial charge in [-0.05, 0) is 44.0 Å². The molecule has 0 spiro atoms. The largest absolute Gasteiger partial charge is 0.373 e. The topological polar surface area (TPSA) is 15.3 Å². The number of aryl methyl sites for hydroxylation is 1. The van der Waals surface area contributed by atoms with Crippen molar-refractivity contribution in [2.45, 2.75) is 32.2 Å². The lowest BCUT2D eigenvalue weighted by Gasteiger charge is -2.30. The minimum Gasteiger partial charge on any atom is -0.373 e. The summed E-state index contributed by atoms with van der Waals surface area (Å²) in [7, 11) is 2.15. The quantitative estimate of drug-likeness (QED) is 0.889. The van der Waals surface area contributed by atoms with Crippen LogP contribution in [0.3, 0.4) is 0 Å². The zero-order valence-electron chi connectivity index (χ0n) is 10.7. The van der Waals surface area contributed by atoms with Gasteiger partial charge in [-0.15, -0.1) is 0 Å². The maximum atomic E-state index is 6.06. The van der Waals surface area contributed by atoms with Gasteiger partial charge in [0.2, 0.25) is 0 Å². The molecular formula is C14H21ClN2. The van der Waals surface area contributed by atoms with E-state index in [2.05, 4.69) is 36.3 Å². The highest BCUT2D eigenvalue weighted by atomic mass is 35.5. The molecule has 1 heterocycles. The van der Waals surface area contributed by atoms with Gasteiger partial charge >= 0.3 is 0 Å². The van der Waals surface area contributed by atoms with Gasteiger partial charge in [-0.25, -0.2) is 0 Å². The normalized spacial score (nSPS) is 20.3. The van der Waals surface area contributed by atoms with Crippen LogP contribution in [0.15, 0.2) is 18.2 Å². The summed E-state index contributed by atoms with van der Waals surface area (Å²) in [5.41, 5.74) is 2.53. The standard InChI is InChI=1S/C14H21ClN2/c1-11-6-7-12(15)9-14(11)17(2)10-13-5-3-4-8-16-13/h6-7,9,13,16H,3-5,8,10H2,1-2H3. The first-order valence-electron chi connectivity index (χ1n) is 6.37. The van der Waals surface area contributed by atoms with Crippen molar-refractivity contribution < 1.29 is 0 Å². The highest BCUT2D eigenvalue weighted by molar-refractivity contribution is 6.30. The number of piperidine rings is 1. The Kier molecular flexibility index (Phi) is 4.30. The van der Waals surface area contributed by atoms with E-state index in [1.165, 1.54) is 30.5 Å². The zero-order chi connectivity index (χ0) is 12.3. The lowest BCUT2D eigenvalue weighted by Crippen LogP contribution is -2.42. The van der Waals surface area contributed by atoms with Crippen molar-refractivity contribution in [3.63, 3.8) is 0 Å². The molecule has 17 heavy (non-hydrogen) atoms. The van der Waals surface area contributed by atoms with Gasteiger partial charge in [0.05, 0.1) is 0 Å². The molecule has 0 amide bonds. The van der Waals surface area contributed by atoms with E-state index in [9.17, 15) is 0 Å². The lowest BCUT2D eigenvalue weighted by molar-refractivity contribution is 0.403. The number of likely N-dealkylation sites (N-methyl/N-ethyl adjacent to an activating group) is 1. The van der Waals surface area contributed by atoms with Crippen molar-refractivity contribution in [2.75, 3.05) is 25.0 Å². The molecule has 1 saturated heterocycles. The second kappa shape index (κ2) is 5.74. The summed E-state index contributed by atoms with van der Waals surface area (Å²) in [4.78, 5) is 2.31. The van der Waals surface area contributed by atoms with Crippen LogP contribution in [0.4, 0.5) is 5.69 Å². The Morgan fingerprint density at radius 3 is 2.94 bits per heavy atom. The highest BCUT2D eigenvalue weighted by Crippen LogP contribution is 2.24. The molecular weight excluding hydrogens is 232 g/mol. The van der Waals surface area contributed by atoms with Crippen molar-refractivity contribution in [1.82, 2.24) is 5.32 Å². The van der Waals surface area contributed by atoms with Crippen LogP contribution in [0, 0.1) is 6.92 Å². The van der Waals surface area contributed by atoms with Crippen LogP contribution < -0.4 is 10.2 Å². The molecule has 94 valence electrons. The van der Waals surface area contributed by atoms with E-state index in [-0.39, 0.29) is 0 Å². The molecule has 2 nitrogen and oxygen atoms in total. The SMILES string of the molecule is Cc1ccc(Cl)cc1N(C)CC1CCCCN1. The van der Waals surface area contributed by atoms with Crippen molar-refractivity contribution >= 4 is 17.3 Å². The van der Waals surface area contributed by atoms with E-state index in [0.29, 0.717) is 6.04 Å². The number of nitrogens with zero attached hydrogens (tertiary/aromatic N) is 1. The first kappa shape index (κ1) is 12.7. The Morgan fingerprint density at radius 2 is 2.24 bits per heavy atom. The lowest BCUT2D eigenvalue weighted by atomic mass is 10.0. The molecule has 1 aromatic carbocycles. The maximum Gasteiger partial charge on any atom is 0.0426 e. The molecule has 1 unspecified atom stereocenters. The van der Waals surface area contributed by atoms with Gasteiger partial charge in [-0.1, -0.05) is 24.1 Å². The Hall–Kier alpha value is -0.730. The van der Waals surface area contributed by atoms with Crippen LogP contribution in [-0.4, -0.2) is 26.2 Å². The minimum absolute atomic E-state index is 0.618. The highest BCUT2D eigenvalue weighted by Gasteiger charge is 2.15. The van der Waals surface area contributed by atoms with Crippen LogP contribution in [0.25, 0.3) is 0 Å². The van der Waals surface area contributed by atoms with Crippen LogP contribution in [0.1, 0.15) is 24.8 Å². The molecule has 1 fully saturated rings. The summed E-state index contributed by atoms with van der Waals surface area (Å²) in [6.07, 6.45) is 3.94. The van der Waals surface area contributed by atoms with Crippen LogP contribution in [0.5, 0.6) is 0 Å². The van der Waals surface area contributed by atoms with Gasteiger partial charge in [0.1, 0.15) is 0 Å². The fourth-order valence-corrected chi connectivity index (χ4v) is 2.67. The van der Waals surface area contributed by atoms with E-state index in [1.807, 2.05) is 6.07 Å². The second-order valence-electron chi connectivity index (χ2n) is 4.96. The van der Waals surface area contributed by atoms with E-state index < -0.39 is 0 Å². The Morgan fingerprint density at radius 1 is 1.41 bits per heavy atom. The average Bonchev–Trinajstić information content (AvgIpc) is 2.33. The third-order valence-electron chi connectivity index (χ3n) is 3.49. The second-order valence-corrected chi connectivity index (χ2v) is 5.39. The third kappa shape index (κ3) is 3.36. The molecule has 1 atom stereocenters. The Bertz CT molecular complexity index is 372. The summed E-state index contributed by atoms with van der Waals surface area (Å²) in [5, 5.41) is 4.39. The third-order valence-corrected chi connectivity index (χ3v) is 3.72. The summed E-state index contributed by atoms with van der Waals surface area (Å²) in [6.45, 7) is 4.35. The number of rotatable bonds is 3. The van der Waals surface area contributed by atoms with E-state index in [4.69, 9.17) is 11.6 Å². The number of anilines is 1. The van der Waals surface area contributed by atoms with Gasteiger partial charge in [0.25, 0.3) is 0 Å². The smallest absolute Gasteiger partial charge is 0.0426 e. The molecule has 0 aliphatic carbocycles. The molecule has 3 heteroatoms. The number of hydrogen-bond donors (Lipinski definition) is 1. The van der Waals surface area contributed by atoms with Gasteiger partial charge in [0.15, 0.2) is 0 Å². The minimum atomic E-state index is 0.618. The summed E-state index contributed by atoms with van der Waals surface area (Å²) >= 11 is 6.06. The zero-order valence-corrected chi connectivity index (χ0v) is 11.4. The van der Waals surface area contributed by atoms with E-state index >= 15 is 0 Å². The first-order chi connectivity index (χ1) is 8.16. The molecule has 1 aliphatic rings. The van der Waals surface area contributed by atoms with E-state index in [1.54, 1.807) is 0 Å². The number of hydrogen-bond acceptors (Lipinski definition) is 2. The predicted molar refractivity (Wildman–Crippen MR) is 75.1 cm³/mol. The monoisotopic (exact) mass is 252 g/mol. The van der Waals surface area contributed by atoms with Crippen molar-refractivity contribution in [3.8, 4) is 0 Å². The van der Waals surface area contributed by atoms with E-state index in [0.717, 1.165) is 18.1 Å². The predicted octanol–water partition coefficient (Wildman–Crippen LogP) is 3.23. The van der Waals surface area contributed by atoms with Gasteiger partial charge in [-0.2, -0.15) is 0 Å². The van der Waals surface area contributed by atoms with Crippen molar-refractivity contribution in [2.24, 2.45) is 0 Å². The number of halogens is 1. The van der Waals surface area contributed by atoms with Gasteiger partial charge < -0.3 is 10.2 Å². The fourth-order valence-electron chi connectivity index (χ4n) is 2.50. The average molecular weight is 253 g/mol. The van der Waals surface area contributed by atoms with Crippen LogP contribution in [-0.2, 0) is 0 Å². The molecule has 1 aromatic rings. The molecule has 0 radical (unpaired) electrons. The molecule has 0 saturated carbocycles. The maximum absolute atomic E-state index is 6.06. The van der Waals surface area contributed by atoms with Crippen molar-refractivity contribution in [3.05, 3.63) is 28.8 Å². The number of benzene rings is 1. The Labute approximate surface area is 109 Å². The summed E-state index contributed by atoms with van der Waals surface area (Å²) in [5.74, 6) is 0. The molecule has 1 N–H and O–H groups in total. The fraction of sp³-hybridized carbons (Fsp3) is 0.571. The molecule has 2 rings (SSSR count). The molecule has 1 aliphatic heterocycles. The summed E-state index contributed by atoms with van der Waals surface area (Å²) < 4.78 is 0. The van der Waals surface area contributed by atoms with Crippen LogP contribution in [0.2, 0.25) is 5.02 Å². The number of nitrogens with one attached hydrogen (secondary N) is 1. The first-order valence-corrected chi connectivity index (χ1v) is 6.75. The van der Waals surface area contributed by atoms with Crippen molar-refractivity contribution in [1.29, 1.82) is 0 Å². The molecule has 0 aromatic heterocycles.